The molecule has 32 heavy (non-hydrogen) atoms. The van der Waals surface area contributed by atoms with E-state index in [1.807, 2.05) is 36.4 Å². The summed E-state index contributed by atoms with van der Waals surface area (Å²) < 4.78 is 1.77. The van der Waals surface area contributed by atoms with Gasteiger partial charge in [-0.1, -0.05) is 36.4 Å². The van der Waals surface area contributed by atoms with E-state index in [9.17, 15) is 4.79 Å². The van der Waals surface area contributed by atoms with Crippen LogP contribution in [0.5, 0.6) is 0 Å². The first kappa shape index (κ1) is 19.0. The summed E-state index contributed by atoms with van der Waals surface area (Å²) in [5, 5.41) is 18.3. The number of aliphatic hydroxyl groups excluding tert-OH is 1. The van der Waals surface area contributed by atoms with E-state index in [-0.39, 0.29) is 12.2 Å². The average Bonchev–Trinajstić information content (AvgIpc) is 2.83. The van der Waals surface area contributed by atoms with Crippen molar-refractivity contribution >= 4 is 54.7 Å². The Labute approximate surface area is 184 Å². The molecule has 6 aromatic rings. The smallest absolute Gasteiger partial charge is 0.264 e. The first-order chi connectivity index (χ1) is 15.8. The van der Waals surface area contributed by atoms with Gasteiger partial charge in [0.15, 0.2) is 0 Å². The van der Waals surface area contributed by atoms with Gasteiger partial charge in [-0.2, -0.15) is 0 Å². The molecule has 5 nitrogen and oxygen atoms in total. The predicted molar refractivity (Wildman–Crippen MR) is 132 cm³/mol. The van der Waals surface area contributed by atoms with Gasteiger partial charge in [0.25, 0.3) is 5.56 Å². The summed E-state index contributed by atoms with van der Waals surface area (Å²) >= 11 is 0. The molecule has 0 bridgehead atoms. The van der Waals surface area contributed by atoms with Gasteiger partial charge in [0.1, 0.15) is 5.65 Å². The monoisotopic (exact) mass is 421 g/mol. The Kier molecular flexibility index (Phi) is 4.44. The van der Waals surface area contributed by atoms with E-state index in [0.717, 1.165) is 69.5 Å². The van der Waals surface area contributed by atoms with Gasteiger partial charge in [-0.05, 0) is 55.0 Å². The molecule has 2 aromatic heterocycles. The Morgan fingerprint density at radius 3 is 2.50 bits per heavy atom. The number of aliphatic hydroxyl groups is 1. The maximum Gasteiger partial charge on any atom is 0.264 e. The quantitative estimate of drug-likeness (QED) is 0.217. The van der Waals surface area contributed by atoms with Crippen molar-refractivity contribution in [2.75, 3.05) is 18.5 Å². The van der Waals surface area contributed by atoms with Gasteiger partial charge >= 0.3 is 0 Å². The molecule has 0 amide bonds. The zero-order valence-electron chi connectivity index (χ0n) is 17.6. The van der Waals surface area contributed by atoms with Crippen LogP contribution in [0.2, 0.25) is 0 Å². The Hall–Kier alpha value is -3.70. The predicted octanol–water partition coefficient (Wildman–Crippen LogP) is 5.32. The van der Waals surface area contributed by atoms with Crippen LogP contribution in [0.4, 0.5) is 5.69 Å². The molecular formula is C27H23N3O2. The van der Waals surface area contributed by atoms with Crippen molar-refractivity contribution in [2.24, 2.45) is 0 Å². The molecule has 0 saturated carbocycles. The van der Waals surface area contributed by atoms with Crippen molar-refractivity contribution in [1.82, 2.24) is 9.38 Å². The van der Waals surface area contributed by atoms with Crippen LogP contribution < -0.4 is 10.9 Å². The maximum absolute atomic E-state index is 13.7. The van der Waals surface area contributed by atoms with Crippen LogP contribution in [0, 0.1) is 0 Å². The number of unbranched alkanes of at least 4 members (excludes halogenated alkanes) is 2. The number of rotatable bonds is 6. The minimum Gasteiger partial charge on any atom is -0.396 e. The van der Waals surface area contributed by atoms with E-state index in [1.54, 1.807) is 4.40 Å². The third-order valence-corrected chi connectivity index (χ3v) is 6.41. The van der Waals surface area contributed by atoms with E-state index in [1.165, 1.54) is 0 Å². The van der Waals surface area contributed by atoms with E-state index < -0.39 is 0 Å². The Bertz CT molecular complexity index is 1660. The zero-order chi connectivity index (χ0) is 21.7. The molecule has 5 heteroatoms. The SMILES string of the molecule is O=c1c2cccc3c(NCCCCCO)ccc(c32)c2nc3cccc4cccc(c43)n12. The molecule has 0 unspecified atom stereocenters. The Morgan fingerprint density at radius 2 is 1.62 bits per heavy atom. The van der Waals surface area contributed by atoms with E-state index in [4.69, 9.17) is 10.1 Å². The average molecular weight is 422 g/mol. The molecule has 6 rings (SSSR count). The van der Waals surface area contributed by atoms with E-state index in [0.29, 0.717) is 11.0 Å². The highest BCUT2D eigenvalue weighted by molar-refractivity contribution is 6.19. The molecule has 0 saturated heterocycles. The van der Waals surface area contributed by atoms with Gasteiger partial charge in [-0.3, -0.25) is 9.20 Å². The van der Waals surface area contributed by atoms with Crippen LogP contribution in [0.3, 0.4) is 0 Å². The van der Waals surface area contributed by atoms with Crippen molar-refractivity contribution in [2.45, 2.75) is 19.3 Å². The minimum atomic E-state index is -0.0380. The summed E-state index contributed by atoms with van der Waals surface area (Å²) in [7, 11) is 0. The summed E-state index contributed by atoms with van der Waals surface area (Å²) in [5.41, 5.74) is 3.47. The summed E-state index contributed by atoms with van der Waals surface area (Å²) in [6.45, 7) is 1.06. The molecule has 0 spiro atoms. The normalized spacial score (nSPS) is 12.0. The first-order valence-electron chi connectivity index (χ1n) is 11.1. The molecule has 0 radical (unpaired) electrons. The third kappa shape index (κ3) is 2.75. The third-order valence-electron chi connectivity index (χ3n) is 6.41. The second-order valence-electron chi connectivity index (χ2n) is 8.33. The number of hydrogen-bond donors (Lipinski definition) is 2. The fraction of sp³-hybridized carbons (Fsp3) is 0.185. The van der Waals surface area contributed by atoms with Gasteiger partial charge in [0.2, 0.25) is 0 Å². The number of anilines is 1. The number of pyridine rings is 1. The molecule has 0 fully saturated rings. The molecule has 0 aliphatic rings. The van der Waals surface area contributed by atoms with Crippen LogP contribution in [-0.2, 0) is 0 Å². The lowest BCUT2D eigenvalue weighted by Gasteiger charge is -2.16. The van der Waals surface area contributed by atoms with Crippen molar-refractivity contribution in [3.8, 4) is 0 Å². The van der Waals surface area contributed by atoms with E-state index in [2.05, 4.69) is 35.6 Å². The van der Waals surface area contributed by atoms with Crippen molar-refractivity contribution in [3.05, 3.63) is 77.1 Å². The molecule has 0 aliphatic carbocycles. The summed E-state index contributed by atoms with van der Waals surface area (Å²) in [5.74, 6) is 0. The fourth-order valence-electron chi connectivity index (χ4n) is 4.93. The second kappa shape index (κ2) is 7.46. The molecule has 2 heterocycles. The lowest BCUT2D eigenvalue weighted by molar-refractivity contribution is 0.283. The maximum atomic E-state index is 13.7. The summed E-state index contributed by atoms with van der Waals surface area (Å²) in [6, 6.07) is 22.3. The van der Waals surface area contributed by atoms with Gasteiger partial charge < -0.3 is 10.4 Å². The van der Waals surface area contributed by atoms with E-state index >= 15 is 0 Å². The topological polar surface area (TPSA) is 66.6 Å². The van der Waals surface area contributed by atoms with Crippen molar-refractivity contribution in [1.29, 1.82) is 0 Å². The number of fused-ring (bicyclic) bond motifs is 3. The number of nitrogens with zero attached hydrogens (tertiary/aromatic N) is 2. The molecule has 2 N–H and O–H groups in total. The minimum absolute atomic E-state index is 0.0380. The van der Waals surface area contributed by atoms with Gasteiger partial charge in [0.05, 0.1) is 11.0 Å². The first-order valence-corrected chi connectivity index (χ1v) is 11.1. The van der Waals surface area contributed by atoms with Crippen LogP contribution in [-0.4, -0.2) is 27.6 Å². The molecule has 4 aromatic carbocycles. The van der Waals surface area contributed by atoms with Crippen molar-refractivity contribution < 1.29 is 5.11 Å². The van der Waals surface area contributed by atoms with Gasteiger partial charge in [-0.25, -0.2) is 4.98 Å². The standard InChI is InChI=1S/C27H23N3O2/c31-16-3-1-2-15-28-21-14-13-19-25-18(21)9-6-10-20(25)27(32)30-23-12-5-8-17-7-4-11-22(24(17)23)29-26(19)30/h4-14,28,31H,1-3,15-16H2. The van der Waals surface area contributed by atoms with Gasteiger partial charge in [0, 0.05) is 45.8 Å². The highest BCUT2D eigenvalue weighted by Gasteiger charge is 2.17. The van der Waals surface area contributed by atoms with Crippen LogP contribution >= 0.6 is 0 Å². The molecule has 158 valence electrons. The van der Waals surface area contributed by atoms with Crippen LogP contribution in [0.1, 0.15) is 19.3 Å². The highest BCUT2D eigenvalue weighted by atomic mass is 16.2. The van der Waals surface area contributed by atoms with Gasteiger partial charge in [-0.15, -0.1) is 0 Å². The van der Waals surface area contributed by atoms with Crippen LogP contribution in [0.25, 0.3) is 49.0 Å². The lowest BCUT2D eigenvalue weighted by Crippen LogP contribution is -2.16. The van der Waals surface area contributed by atoms with Crippen LogP contribution in [0.15, 0.2) is 71.5 Å². The number of nitrogens with one attached hydrogen (secondary N) is 1. The highest BCUT2D eigenvalue weighted by Crippen LogP contribution is 2.34. The summed E-state index contributed by atoms with van der Waals surface area (Å²) in [4.78, 5) is 18.7. The molecular weight excluding hydrogens is 398 g/mol. The Balaban J connectivity index is 1.65. The number of benzene rings is 4. The number of aromatic nitrogens is 2. The largest absolute Gasteiger partial charge is 0.396 e. The number of hydrogen-bond acceptors (Lipinski definition) is 4. The molecule has 0 aliphatic heterocycles. The lowest BCUT2D eigenvalue weighted by atomic mass is 10.00. The zero-order valence-corrected chi connectivity index (χ0v) is 17.6. The molecule has 0 atom stereocenters. The van der Waals surface area contributed by atoms with Crippen molar-refractivity contribution in [3.63, 3.8) is 0 Å². The summed E-state index contributed by atoms with van der Waals surface area (Å²) in [6.07, 6.45) is 2.80. The second-order valence-corrected chi connectivity index (χ2v) is 8.33. The Morgan fingerprint density at radius 1 is 0.812 bits per heavy atom. The fourth-order valence-corrected chi connectivity index (χ4v) is 4.93.